The highest BCUT2D eigenvalue weighted by Gasteiger charge is 2.03. The van der Waals surface area contributed by atoms with Crippen molar-refractivity contribution in [2.75, 3.05) is 12.5 Å². The van der Waals surface area contributed by atoms with E-state index in [4.69, 9.17) is 10.6 Å². The summed E-state index contributed by atoms with van der Waals surface area (Å²) in [4.78, 5) is 0. The molecule has 1 rings (SSSR count). The number of rotatable bonds is 3. The van der Waals surface area contributed by atoms with Crippen LogP contribution in [0.2, 0.25) is 0 Å². The lowest BCUT2D eigenvalue weighted by Crippen LogP contribution is -2.07. The third kappa shape index (κ3) is 1.41. The highest BCUT2D eigenvalue weighted by Crippen LogP contribution is 2.15. The first-order chi connectivity index (χ1) is 4.88. The van der Waals surface area contributed by atoms with Gasteiger partial charge in [-0.1, -0.05) is 4.49 Å². The summed E-state index contributed by atoms with van der Waals surface area (Å²) >= 11 is 1.21. The number of nitrogens with zero attached hydrogens (tertiary/aromatic N) is 2. The van der Waals surface area contributed by atoms with Crippen LogP contribution in [0.15, 0.2) is 0 Å². The number of anilines is 1. The Labute approximate surface area is 62.3 Å². The Bertz CT molecular complexity index is 201. The highest BCUT2D eigenvalue weighted by atomic mass is 32.1. The van der Waals surface area contributed by atoms with E-state index in [1.807, 2.05) is 0 Å². The van der Waals surface area contributed by atoms with Crippen molar-refractivity contribution in [1.29, 1.82) is 0 Å². The maximum atomic E-state index is 5.15. The molecule has 0 bridgehead atoms. The van der Waals surface area contributed by atoms with Gasteiger partial charge < -0.3 is 10.2 Å². The number of nitrogens with one attached hydrogen (secondary N) is 1. The lowest BCUT2D eigenvalue weighted by molar-refractivity contribution is 0.182. The van der Waals surface area contributed by atoms with Gasteiger partial charge in [0.2, 0.25) is 0 Å². The van der Waals surface area contributed by atoms with Gasteiger partial charge in [-0.15, -0.1) is 5.10 Å². The summed E-state index contributed by atoms with van der Waals surface area (Å²) in [6.45, 7) is 0.441. The molecule has 0 aliphatic heterocycles. The smallest absolute Gasteiger partial charge is 0.149 e. The number of nitrogen functional groups attached to an aromatic ring is 1. The van der Waals surface area contributed by atoms with Crippen molar-refractivity contribution in [2.45, 2.75) is 6.61 Å². The lowest BCUT2D eigenvalue weighted by Gasteiger charge is -1.95. The minimum absolute atomic E-state index is 0.441. The molecule has 0 unspecified atom stereocenters. The first-order valence-corrected chi connectivity index (χ1v) is 3.42. The molecular formula is C4H8N4OS. The van der Waals surface area contributed by atoms with E-state index in [2.05, 4.69) is 15.0 Å². The second kappa shape index (κ2) is 3.45. The second-order valence-corrected chi connectivity index (χ2v) is 2.38. The minimum atomic E-state index is 0.441. The summed E-state index contributed by atoms with van der Waals surface area (Å²) in [6.07, 6.45) is 0. The van der Waals surface area contributed by atoms with Crippen LogP contribution in [0.25, 0.3) is 0 Å². The predicted molar refractivity (Wildman–Crippen MR) is 38.4 cm³/mol. The molecule has 0 saturated carbocycles. The number of aromatic nitrogens is 2. The summed E-state index contributed by atoms with van der Waals surface area (Å²) in [6, 6.07) is 0. The van der Waals surface area contributed by atoms with E-state index in [0.29, 0.717) is 6.61 Å². The molecule has 0 aliphatic carbocycles. The summed E-state index contributed by atoms with van der Waals surface area (Å²) in [7, 11) is 1.60. The van der Waals surface area contributed by atoms with Crippen LogP contribution in [-0.2, 0) is 11.3 Å². The molecule has 5 nitrogen and oxygen atoms in total. The topological polar surface area (TPSA) is 73.1 Å². The van der Waals surface area contributed by atoms with Crippen LogP contribution in [0.4, 0.5) is 5.00 Å². The molecule has 0 atom stereocenters. The number of nitrogens with two attached hydrogens (primary N) is 1. The van der Waals surface area contributed by atoms with Crippen molar-refractivity contribution >= 4 is 16.5 Å². The number of ether oxygens (including phenoxy) is 1. The monoisotopic (exact) mass is 160 g/mol. The van der Waals surface area contributed by atoms with Gasteiger partial charge in [0, 0.05) is 18.6 Å². The Hall–Kier alpha value is -0.720. The van der Waals surface area contributed by atoms with Gasteiger partial charge in [-0.05, 0) is 0 Å². The second-order valence-electron chi connectivity index (χ2n) is 1.63. The third-order valence-electron chi connectivity index (χ3n) is 0.968. The lowest BCUT2D eigenvalue weighted by atomic mass is 10.5. The summed E-state index contributed by atoms with van der Waals surface area (Å²) < 4.78 is 8.52. The van der Waals surface area contributed by atoms with Gasteiger partial charge in [0.1, 0.15) is 10.7 Å². The minimum Gasteiger partial charge on any atom is -0.378 e. The Morgan fingerprint density at radius 1 is 1.80 bits per heavy atom. The zero-order valence-electron chi connectivity index (χ0n) is 5.50. The van der Waals surface area contributed by atoms with Gasteiger partial charge in [0.15, 0.2) is 0 Å². The molecule has 3 N–H and O–H groups in total. The molecule has 0 amide bonds. The van der Waals surface area contributed by atoms with Crippen molar-refractivity contribution in [3.05, 3.63) is 5.69 Å². The molecule has 6 heteroatoms. The van der Waals surface area contributed by atoms with Crippen molar-refractivity contribution in [3.63, 3.8) is 0 Å². The zero-order chi connectivity index (χ0) is 7.40. The Morgan fingerprint density at radius 3 is 3.20 bits per heavy atom. The van der Waals surface area contributed by atoms with Gasteiger partial charge in [-0.25, -0.2) is 5.84 Å². The van der Waals surface area contributed by atoms with Gasteiger partial charge in [-0.2, -0.15) is 0 Å². The van der Waals surface area contributed by atoms with Gasteiger partial charge >= 0.3 is 0 Å². The third-order valence-corrected chi connectivity index (χ3v) is 1.67. The molecule has 1 aromatic heterocycles. The first kappa shape index (κ1) is 7.39. The Kier molecular flexibility index (Phi) is 2.55. The van der Waals surface area contributed by atoms with E-state index in [-0.39, 0.29) is 0 Å². The fraction of sp³-hybridized carbons (Fsp3) is 0.500. The van der Waals surface area contributed by atoms with E-state index in [0.717, 1.165) is 10.7 Å². The maximum Gasteiger partial charge on any atom is 0.149 e. The van der Waals surface area contributed by atoms with E-state index < -0.39 is 0 Å². The fourth-order valence-corrected chi connectivity index (χ4v) is 1.03. The van der Waals surface area contributed by atoms with E-state index in [9.17, 15) is 0 Å². The number of methoxy groups -OCH3 is 1. The van der Waals surface area contributed by atoms with Crippen LogP contribution in [-0.4, -0.2) is 16.7 Å². The molecule has 0 spiro atoms. The SMILES string of the molecule is COCc1nnsc1NN. The predicted octanol–water partition coefficient (Wildman–Crippen LogP) is -0.0299. The largest absolute Gasteiger partial charge is 0.378 e. The standard InChI is InChI=1S/C4H8N4OS/c1-9-2-3-4(6-5)10-8-7-3/h6H,2,5H2,1H3. The molecule has 0 radical (unpaired) electrons. The van der Waals surface area contributed by atoms with E-state index >= 15 is 0 Å². The summed E-state index contributed by atoms with van der Waals surface area (Å²) in [5.74, 6) is 5.15. The van der Waals surface area contributed by atoms with Crippen LogP contribution in [0.5, 0.6) is 0 Å². The van der Waals surface area contributed by atoms with E-state index in [1.54, 1.807) is 7.11 Å². The molecule has 10 heavy (non-hydrogen) atoms. The average Bonchev–Trinajstić information content (AvgIpc) is 2.36. The summed E-state index contributed by atoms with van der Waals surface area (Å²) in [5, 5.41) is 4.53. The van der Waals surface area contributed by atoms with E-state index in [1.165, 1.54) is 11.5 Å². The van der Waals surface area contributed by atoms with Crippen LogP contribution in [0.3, 0.4) is 0 Å². The zero-order valence-corrected chi connectivity index (χ0v) is 6.31. The highest BCUT2D eigenvalue weighted by molar-refractivity contribution is 7.10. The first-order valence-electron chi connectivity index (χ1n) is 2.65. The van der Waals surface area contributed by atoms with Gasteiger partial charge in [0.25, 0.3) is 0 Å². The van der Waals surface area contributed by atoms with Crippen LogP contribution in [0, 0.1) is 0 Å². The number of hydrogen-bond acceptors (Lipinski definition) is 6. The summed E-state index contributed by atoms with van der Waals surface area (Å²) in [5.41, 5.74) is 3.22. The average molecular weight is 160 g/mol. The van der Waals surface area contributed by atoms with Gasteiger partial charge in [-0.3, -0.25) is 0 Å². The van der Waals surface area contributed by atoms with Gasteiger partial charge in [0.05, 0.1) is 6.61 Å². The van der Waals surface area contributed by atoms with Crippen LogP contribution in [0.1, 0.15) is 5.69 Å². The molecule has 56 valence electrons. The molecular weight excluding hydrogens is 152 g/mol. The van der Waals surface area contributed by atoms with Crippen LogP contribution < -0.4 is 11.3 Å². The van der Waals surface area contributed by atoms with Crippen molar-refractivity contribution in [3.8, 4) is 0 Å². The Balaban J connectivity index is 2.70. The van der Waals surface area contributed by atoms with Crippen molar-refractivity contribution < 1.29 is 4.74 Å². The molecule has 0 fully saturated rings. The number of hydrazine groups is 1. The quantitative estimate of drug-likeness (QED) is 0.480. The van der Waals surface area contributed by atoms with Crippen LogP contribution >= 0.6 is 11.5 Å². The fourth-order valence-electron chi connectivity index (χ4n) is 0.549. The molecule has 1 heterocycles. The number of hydrogen-bond donors (Lipinski definition) is 2. The molecule has 1 aromatic rings. The molecule has 0 saturated heterocycles. The maximum absolute atomic E-state index is 5.15. The van der Waals surface area contributed by atoms with Crippen molar-refractivity contribution in [2.24, 2.45) is 5.84 Å². The normalized spacial score (nSPS) is 9.80. The van der Waals surface area contributed by atoms with Crippen molar-refractivity contribution in [1.82, 2.24) is 9.59 Å². The molecule has 0 aromatic carbocycles. The molecule has 0 aliphatic rings. The Morgan fingerprint density at radius 2 is 2.60 bits per heavy atom.